The number of esters is 1. The first-order chi connectivity index (χ1) is 11.9. The van der Waals surface area contributed by atoms with Crippen molar-refractivity contribution in [3.05, 3.63) is 64.4 Å². The van der Waals surface area contributed by atoms with Crippen LogP contribution in [0.1, 0.15) is 20.7 Å². The number of benzene rings is 2. The number of halogens is 2. The number of ether oxygens (including phenoxy) is 2. The Morgan fingerprint density at radius 3 is 2.56 bits per heavy atom. The van der Waals surface area contributed by atoms with Gasteiger partial charge in [-0.1, -0.05) is 23.7 Å². The number of hydrogen-bond donors (Lipinski definition) is 1. The lowest BCUT2D eigenvalue weighted by atomic mass is 10.2. The second-order valence-corrected chi connectivity index (χ2v) is 5.21. The summed E-state index contributed by atoms with van der Waals surface area (Å²) < 4.78 is 23.2. The second-order valence-electron chi connectivity index (χ2n) is 4.78. The van der Waals surface area contributed by atoms with Crippen molar-refractivity contribution in [2.75, 3.05) is 13.7 Å². The van der Waals surface area contributed by atoms with Gasteiger partial charge in [0.25, 0.3) is 11.8 Å². The van der Waals surface area contributed by atoms with E-state index >= 15 is 0 Å². The van der Waals surface area contributed by atoms with Crippen LogP contribution >= 0.6 is 11.6 Å². The van der Waals surface area contributed by atoms with Crippen molar-refractivity contribution < 1.29 is 28.2 Å². The van der Waals surface area contributed by atoms with Gasteiger partial charge in [-0.25, -0.2) is 9.18 Å². The standard InChI is InChI=1S/C17H13ClFNO5/c1-24-14-5-3-2-4-11(14)16(22)20-15(21)9-25-17(23)12-8-10(18)6-7-13(12)19/h2-8H,9H2,1H3,(H,20,21,22). The first-order valence-corrected chi connectivity index (χ1v) is 7.39. The highest BCUT2D eigenvalue weighted by Gasteiger charge is 2.18. The van der Waals surface area contributed by atoms with E-state index in [9.17, 15) is 18.8 Å². The minimum Gasteiger partial charge on any atom is -0.496 e. The Morgan fingerprint density at radius 2 is 1.84 bits per heavy atom. The summed E-state index contributed by atoms with van der Waals surface area (Å²) in [7, 11) is 1.38. The maximum Gasteiger partial charge on any atom is 0.341 e. The zero-order valence-electron chi connectivity index (χ0n) is 13.0. The second kappa shape index (κ2) is 8.25. The van der Waals surface area contributed by atoms with Crippen molar-refractivity contribution in [2.45, 2.75) is 0 Å². The lowest BCUT2D eigenvalue weighted by Gasteiger charge is -2.09. The topological polar surface area (TPSA) is 81.7 Å². The number of rotatable bonds is 5. The van der Waals surface area contributed by atoms with Gasteiger partial charge in [0.05, 0.1) is 18.2 Å². The Labute approximate surface area is 147 Å². The van der Waals surface area contributed by atoms with Gasteiger partial charge in [0, 0.05) is 5.02 Å². The normalized spacial score (nSPS) is 10.0. The van der Waals surface area contributed by atoms with Gasteiger partial charge in [0.2, 0.25) is 0 Å². The number of carbonyl (C=O) groups excluding carboxylic acids is 3. The molecule has 2 aromatic carbocycles. The van der Waals surface area contributed by atoms with Crippen LogP contribution in [0, 0.1) is 5.82 Å². The summed E-state index contributed by atoms with van der Waals surface area (Å²) in [6, 6.07) is 9.65. The Morgan fingerprint density at radius 1 is 1.12 bits per heavy atom. The van der Waals surface area contributed by atoms with Crippen LogP contribution in [-0.4, -0.2) is 31.5 Å². The minimum atomic E-state index is -1.07. The molecule has 0 aromatic heterocycles. The number of carbonyl (C=O) groups is 3. The summed E-state index contributed by atoms with van der Waals surface area (Å²) in [5.74, 6) is -3.20. The van der Waals surface area contributed by atoms with Crippen molar-refractivity contribution in [1.29, 1.82) is 0 Å². The van der Waals surface area contributed by atoms with Crippen molar-refractivity contribution in [1.82, 2.24) is 5.32 Å². The number of methoxy groups -OCH3 is 1. The molecule has 0 atom stereocenters. The van der Waals surface area contributed by atoms with Crippen molar-refractivity contribution in [3.63, 3.8) is 0 Å². The predicted octanol–water partition coefficient (Wildman–Crippen LogP) is 2.60. The summed E-state index contributed by atoms with van der Waals surface area (Å²) >= 11 is 5.68. The fraction of sp³-hybridized carbons (Fsp3) is 0.118. The summed E-state index contributed by atoms with van der Waals surface area (Å²) in [5, 5.41) is 2.19. The summed E-state index contributed by atoms with van der Waals surface area (Å²) in [6.07, 6.45) is 0. The van der Waals surface area contributed by atoms with Crippen LogP contribution in [0.4, 0.5) is 4.39 Å². The van der Waals surface area contributed by atoms with Crippen molar-refractivity contribution >= 4 is 29.4 Å². The Balaban J connectivity index is 1.95. The number of hydrogen-bond acceptors (Lipinski definition) is 5. The molecule has 0 aliphatic rings. The lowest BCUT2D eigenvalue weighted by molar-refractivity contribution is -0.123. The maximum atomic E-state index is 13.5. The fourth-order valence-corrected chi connectivity index (χ4v) is 2.10. The van der Waals surface area contributed by atoms with E-state index in [1.165, 1.54) is 19.2 Å². The first kappa shape index (κ1) is 18.4. The molecule has 0 heterocycles. The van der Waals surface area contributed by atoms with Gasteiger partial charge < -0.3 is 9.47 Å². The summed E-state index contributed by atoms with van der Waals surface area (Å²) in [4.78, 5) is 35.5. The van der Waals surface area contributed by atoms with E-state index in [2.05, 4.69) is 4.74 Å². The fourth-order valence-electron chi connectivity index (χ4n) is 1.93. The largest absolute Gasteiger partial charge is 0.496 e. The average molecular weight is 366 g/mol. The number of para-hydroxylation sites is 1. The molecule has 2 aromatic rings. The molecule has 0 bridgehead atoms. The van der Waals surface area contributed by atoms with Crippen LogP contribution in [0.25, 0.3) is 0 Å². The number of imide groups is 1. The van der Waals surface area contributed by atoms with Crippen LogP contribution in [0.2, 0.25) is 5.02 Å². The molecule has 0 aliphatic heterocycles. The monoisotopic (exact) mass is 365 g/mol. The summed E-state index contributed by atoms with van der Waals surface area (Å²) in [5.41, 5.74) is -0.262. The molecule has 25 heavy (non-hydrogen) atoms. The quantitative estimate of drug-likeness (QED) is 0.824. The van der Waals surface area contributed by atoms with Crippen LogP contribution in [0.5, 0.6) is 5.75 Å². The number of nitrogens with one attached hydrogen (secondary N) is 1. The average Bonchev–Trinajstić information content (AvgIpc) is 2.61. The molecular formula is C17H13ClFNO5. The molecule has 0 unspecified atom stereocenters. The van der Waals surface area contributed by atoms with E-state index in [-0.39, 0.29) is 16.3 Å². The van der Waals surface area contributed by atoms with E-state index in [0.717, 1.165) is 12.1 Å². The molecule has 0 aliphatic carbocycles. The molecule has 2 rings (SSSR count). The molecule has 0 radical (unpaired) electrons. The number of amides is 2. The minimum absolute atomic E-state index is 0.143. The zero-order chi connectivity index (χ0) is 18.4. The molecule has 0 saturated carbocycles. The van der Waals surface area contributed by atoms with Gasteiger partial charge >= 0.3 is 5.97 Å². The van der Waals surface area contributed by atoms with Crippen LogP contribution < -0.4 is 10.1 Å². The molecule has 0 saturated heterocycles. The molecule has 130 valence electrons. The lowest BCUT2D eigenvalue weighted by Crippen LogP contribution is -2.34. The molecule has 1 N–H and O–H groups in total. The SMILES string of the molecule is COc1ccccc1C(=O)NC(=O)COC(=O)c1cc(Cl)ccc1F. The van der Waals surface area contributed by atoms with Crippen LogP contribution in [0.3, 0.4) is 0 Å². The van der Waals surface area contributed by atoms with Gasteiger partial charge in [-0.2, -0.15) is 0 Å². The highest BCUT2D eigenvalue weighted by atomic mass is 35.5. The highest BCUT2D eigenvalue weighted by Crippen LogP contribution is 2.17. The highest BCUT2D eigenvalue weighted by molar-refractivity contribution is 6.30. The molecule has 0 spiro atoms. The van der Waals surface area contributed by atoms with E-state index in [1.807, 2.05) is 5.32 Å². The van der Waals surface area contributed by atoms with Crippen molar-refractivity contribution in [3.8, 4) is 5.75 Å². The third-order valence-corrected chi connectivity index (χ3v) is 3.32. The third kappa shape index (κ3) is 4.77. The zero-order valence-corrected chi connectivity index (χ0v) is 13.8. The van der Waals surface area contributed by atoms with Gasteiger partial charge in [-0.05, 0) is 30.3 Å². The van der Waals surface area contributed by atoms with E-state index in [1.54, 1.807) is 18.2 Å². The summed E-state index contributed by atoms with van der Waals surface area (Å²) in [6.45, 7) is -0.758. The van der Waals surface area contributed by atoms with Gasteiger partial charge in [-0.3, -0.25) is 14.9 Å². The Kier molecular flexibility index (Phi) is 6.08. The van der Waals surface area contributed by atoms with E-state index in [0.29, 0.717) is 0 Å². The first-order valence-electron chi connectivity index (χ1n) is 7.01. The molecule has 2 amide bonds. The molecular weight excluding hydrogens is 353 g/mol. The molecule has 8 heteroatoms. The molecule has 0 fully saturated rings. The van der Waals surface area contributed by atoms with Gasteiger partial charge in [0.15, 0.2) is 6.61 Å². The van der Waals surface area contributed by atoms with Gasteiger partial charge in [-0.15, -0.1) is 0 Å². The Hall–Kier alpha value is -2.93. The van der Waals surface area contributed by atoms with E-state index in [4.69, 9.17) is 16.3 Å². The predicted molar refractivity (Wildman–Crippen MR) is 87.2 cm³/mol. The van der Waals surface area contributed by atoms with Crippen LogP contribution in [0.15, 0.2) is 42.5 Å². The van der Waals surface area contributed by atoms with Crippen molar-refractivity contribution in [2.24, 2.45) is 0 Å². The Bertz CT molecular complexity index is 824. The maximum absolute atomic E-state index is 13.5. The smallest absolute Gasteiger partial charge is 0.341 e. The third-order valence-electron chi connectivity index (χ3n) is 3.09. The van der Waals surface area contributed by atoms with Gasteiger partial charge in [0.1, 0.15) is 11.6 Å². The van der Waals surface area contributed by atoms with E-state index < -0.39 is 35.8 Å². The van der Waals surface area contributed by atoms with Crippen LogP contribution in [-0.2, 0) is 9.53 Å². The molecule has 6 nitrogen and oxygen atoms in total.